The fraction of sp³-hybridized carbons (Fsp3) is 0.647. The molecule has 1 N–H and O–H groups in total. The molecule has 0 aliphatic carbocycles. The number of rotatable bonds is 8. The first kappa shape index (κ1) is 17.8. The lowest BCUT2D eigenvalue weighted by molar-refractivity contribution is -0.123. The topological polar surface area (TPSA) is 57.7 Å². The molecule has 1 aliphatic heterocycles. The molecule has 0 saturated carbocycles. The van der Waals surface area contributed by atoms with E-state index in [4.69, 9.17) is 4.74 Å². The van der Waals surface area contributed by atoms with Crippen LogP contribution in [0.2, 0.25) is 0 Å². The molecule has 2 heterocycles. The number of pyridine rings is 1. The van der Waals surface area contributed by atoms with Crippen LogP contribution < -0.4 is 5.32 Å². The van der Waals surface area contributed by atoms with Crippen LogP contribution in [0.5, 0.6) is 0 Å². The summed E-state index contributed by atoms with van der Waals surface area (Å²) in [6.45, 7) is 7.75. The molecule has 1 aromatic heterocycles. The Labute approximate surface area is 138 Å². The first-order valence-electron chi connectivity index (χ1n) is 8.35. The normalized spacial score (nSPS) is 19.7. The van der Waals surface area contributed by atoms with Crippen molar-refractivity contribution in [3.63, 3.8) is 0 Å². The Morgan fingerprint density at radius 2 is 2.30 bits per heavy atom. The van der Waals surface area contributed by atoms with Gasteiger partial charge in [0.2, 0.25) is 5.91 Å². The van der Waals surface area contributed by atoms with Crippen molar-refractivity contribution in [1.29, 1.82) is 0 Å². The van der Waals surface area contributed by atoms with Crippen LogP contribution in [0.4, 0.5) is 0 Å². The molecule has 23 heavy (non-hydrogen) atoms. The highest BCUT2D eigenvalue weighted by atomic mass is 16.5. The van der Waals surface area contributed by atoms with Gasteiger partial charge in [-0.25, -0.2) is 0 Å². The van der Waals surface area contributed by atoms with Gasteiger partial charge in [-0.1, -0.05) is 13.0 Å². The van der Waals surface area contributed by atoms with E-state index in [1.165, 1.54) is 0 Å². The molecule has 0 radical (unpaired) electrons. The predicted molar refractivity (Wildman–Crippen MR) is 90.1 cm³/mol. The predicted octanol–water partition coefficient (Wildman–Crippen LogP) is 0.740. The number of nitrogens with zero attached hydrogens (tertiary/aromatic N) is 3. The number of hydrogen-bond acceptors (Lipinski definition) is 5. The highest BCUT2D eigenvalue weighted by Gasteiger charge is 2.26. The van der Waals surface area contributed by atoms with Crippen LogP contribution in [-0.4, -0.2) is 73.2 Å². The van der Waals surface area contributed by atoms with Gasteiger partial charge in [0.25, 0.3) is 0 Å². The molecule has 128 valence electrons. The molecular formula is C17H28N4O2. The van der Waals surface area contributed by atoms with Crippen molar-refractivity contribution in [3.05, 3.63) is 30.1 Å². The zero-order chi connectivity index (χ0) is 16.5. The Morgan fingerprint density at radius 1 is 1.43 bits per heavy atom. The average Bonchev–Trinajstić information content (AvgIpc) is 2.59. The lowest BCUT2D eigenvalue weighted by Crippen LogP contribution is -2.55. The van der Waals surface area contributed by atoms with Gasteiger partial charge in [-0.3, -0.25) is 19.6 Å². The summed E-state index contributed by atoms with van der Waals surface area (Å²) in [4.78, 5) is 21.0. The van der Waals surface area contributed by atoms with Crippen LogP contribution in [0.25, 0.3) is 0 Å². The van der Waals surface area contributed by atoms with Crippen molar-refractivity contribution in [2.45, 2.75) is 25.9 Å². The van der Waals surface area contributed by atoms with Crippen LogP contribution in [0.15, 0.2) is 24.4 Å². The molecule has 2 rings (SSSR count). The lowest BCUT2D eigenvalue weighted by Gasteiger charge is -2.40. The van der Waals surface area contributed by atoms with Gasteiger partial charge < -0.3 is 10.1 Å². The van der Waals surface area contributed by atoms with Crippen LogP contribution in [0.3, 0.4) is 0 Å². The van der Waals surface area contributed by atoms with Gasteiger partial charge in [-0.15, -0.1) is 0 Å². The number of aromatic nitrogens is 1. The monoisotopic (exact) mass is 320 g/mol. The summed E-state index contributed by atoms with van der Waals surface area (Å²) >= 11 is 0. The molecule has 6 nitrogen and oxygen atoms in total. The Balaban J connectivity index is 1.74. The van der Waals surface area contributed by atoms with Gasteiger partial charge in [-0.05, 0) is 18.6 Å². The number of amides is 1. The Morgan fingerprint density at radius 3 is 3.00 bits per heavy atom. The van der Waals surface area contributed by atoms with E-state index in [1.54, 1.807) is 13.3 Å². The molecule has 1 amide bonds. The Bertz CT molecular complexity index is 469. The van der Waals surface area contributed by atoms with Gasteiger partial charge in [0.15, 0.2) is 0 Å². The summed E-state index contributed by atoms with van der Waals surface area (Å²) in [5.74, 6) is 0.0656. The van der Waals surface area contributed by atoms with Crippen LogP contribution in [0.1, 0.15) is 19.0 Å². The van der Waals surface area contributed by atoms with Crippen molar-refractivity contribution in [2.24, 2.45) is 0 Å². The molecule has 1 fully saturated rings. The SMILES string of the molecule is CC[C@H]1CN(CC(=O)NCc2ccccn2)CCN1CCOC. The second-order valence-electron chi connectivity index (χ2n) is 5.92. The van der Waals surface area contributed by atoms with Crippen molar-refractivity contribution >= 4 is 5.91 Å². The molecule has 0 bridgehead atoms. The van der Waals surface area contributed by atoms with E-state index >= 15 is 0 Å². The van der Waals surface area contributed by atoms with E-state index in [0.717, 1.165) is 44.9 Å². The minimum absolute atomic E-state index is 0.0656. The molecule has 0 unspecified atom stereocenters. The van der Waals surface area contributed by atoms with Gasteiger partial charge in [0.1, 0.15) is 0 Å². The number of methoxy groups -OCH3 is 1. The van der Waals surface area contributed by atoms with Crippen molar-refractivity contribution < 1.29 is 9.53 Å². The van der Waals surface area contributed by atoms with E-state index in [1.807, 2.05) is 18.2 Å². The second kappa shape index (κ2) is 9.60. The Hall–Kier alpha value is -1.50. The van der Waals surface area contributed by atoms with E-state index in [0.29, 0.717) is 19.1 Å². The summed E-state index contributed by atoms with van der Waals surface area (Å²) in [5.41, 5.74) is 0.886. The van der Waals surface area contributed by atoms with E-state index in [2.05, 4.69) is 27.0 Å². The highest BCUT2D eigenvalue weighted by molar-refractivity contribution is 5.77. The fourth-order valence-electron chi connectivity index (χ4n) is 2.94. The van der Waals surface area contributed by atoms with E-state index in [-0.39, 0.29) is 5.91 Å². The number of carbonyl (C=O) groups is 1. The van der Waals surface area contributed by atoms with Crippen LogP contribution in [-0.2, 0) is 16.1 Å². The van der Waals surface area contributed by atoms with Gasteiger partial charge in [-0.2, -0.15) is 0 Å². The first-order chi connectivity index (χ1) is 11.2. The third kappa shape index (κ3) is 5.89. The third-order valence-corrected chi connectivity index (χ3v) is 4.30. The molecule has 1 aromatic rings. The maximum atomic E-state index is 12.1. The fourth-order valence-corrected chi connectivity index (χ4v) is 2.94. The Kier molecular flexibility index (Phi) is 7.45. The van der Waals surface area contributed by atoms with E-state index < -0.39 is 0 Å². The minimum Gasteiger partial charge on any atom is -0.383 e. The molecule has 0 aromatic carbocycles. The number of ether oxygens (including phenoxy) is 1. The summed E-state index contributed by atoms with van der Waals surface area (Å²) in [6, 6.07) is 6.23. The summed E-state index contributed by atoms with van der Waals surface area (Å²) in [5, 5.41) is 2.95. The zero-order valence-electron chi connectivity index (χ0n) is 14.2. The van der Waals surface area contributed by atoms with Crippen molar-refractivity contribution in [2.75, 3.05) is 46.4 Å². The zero-order valence-corrected chi connectivity index (χ0v) is 14.2. The lowest BCUT2D eigenvalue weighted by atomic mass is 10.1. The average molecular weight is 320 g/mol. The number of hydrogen-bond donors (Lipinski definition) is 1. The van der Waals surface area contributed by atoms with Gasteiger partial charge >= 0.3 is 0 Å². The third-order valence-electron chi connectivity index (χ3n) is 4.30. The molecule has 1 aliphatic rings. The molecule has 1 atom stereocenters. The quantitative estimate of drug-likeness (QED) is 0.766. The molecular weight excluding hydrogens is 292 g/mol. The maximum absolute atomic E-state index is 12.1. The summed E-state index contributed by atoms with van der Waals surface area (Å²) in [7, 11) is 1.74. The standard InChI is InChI=1S/C17H28N4O2/c1-3-16-13-20(8-9-21(16)10-11-23-2)14-17(22)19-12-15-6-4-5-7-18-15/h4-7,16H,3,8-14H2,1-2H3,(H,19,22)/t16-/m0/s1. The van der Waals surface area contributed by atoms with Crippen molar-refractivity contribution in [3.8, 4) is 0 Å². The summed E-state index contributed by atoms with van der Waals surface area (Å²) in [6.07, 6.45) is 2.84. The van der Waals surface area contributed by atoms with Crippen molar-refractivity contribution in [1.82, 2.24) is 20.1 Å². The highest BCUT2D eigenvalue weighted by Crippen LogP contribution is 2.12. The molecule has 1 saturated heterocycles. The largest absolute Gasteiger partial charge is 0.383 e. The molecule has 6 heteroatoms. The second-order valence-corrected chi connectivity index (χ2v) is 5.92. The first-order valence-corrected chi connectivity index (χ1v) is 8.35. The van der Waals surface area contributed by atoms with Gasteiger partial charge in [0.05, 0.1) is 25.4 Å². The van der Waals surface area contributed by atoms with Crippen LogP contribution in [0, 0.1) is 0 Å². The summed E-state index contributed by atoms with van der Waals surface area (Å²) < 4.78 is 5.18. The van der Waals surface area contributed by atoms with Crippen LogP contribution >= 0.6 is 0 Å². The smallest absolute Gasteiger partial charge is 0.234 e. The number of nitrogens with one attached hydrogen (secondary N) is 1. The maximum Gasteiger partial charge on any atom is 0.234 e. The molecule has 0 spiro atoms. The number of piperazine rings is 1. The van der Waals surface area contributed by atoms with Gasteiger partial charge in [0, 0.05) is 45.5 Å². The minimum atomic E-state index is 0.0656. The van der Waals surface area contributed by atoms with E-state index in [9.17, 15) is 4.79 Å². The number of carbonyl (C=O) groups excluding carboxylic acids is 1.